The predicted octanol–water partition coefficient (Wildman–Crippen LogP) is 3.62. The van der Waals surface area contributed by atoms with Crippen LogP contribution in [0.5, 0.6) is 0 Å². The molecule has 6 atom stereocenters. The molecule has 1 N–H and O–H groups in total. The Morgan fingerprint density at radius 3 is 2.67 bits per heavy atom. The molecule has 3 saturated carbocycles. The SMILES string of the molecule is C=CC1CC2CC1C1CCC(SCCCS(=O)(=O)O)CC21. The zero-order chi connectivity index (χ0) is 15.0. The molecule has 0 aliphatic heterocycles. The molecule has 0 aromatic carbocycles. The first-order chi connectivity index (χ1) is 9.98. The molecule has 0 spiro atoms. The summed E-state index contributed by atoms with van der Waals surface area (Å²) in [5, 5.41) is 0.703. The molecule has 0 heterocycles. The molecule has 0 saturated heterocycles. The summed E-state index contributed by atoms with van der Waals surface area (Å²) < 4.78 is 30.2. The third-order valence-electron chi connectivity index (χ3n) is 5.97. The van der Waals surface area contributed by atoms with E-state index in [1.165, 1.54) is 32.1 Å². The van der Waals surface area contributed by atoms with Gasteiger partial charge in [0.1, 0.15) is 0 Å². The molecule has 120 valence electrons. The largest absolute Gasteiger partial charge is 0.286 e. The summed E-state index contributed by atoms with van der Waals surface area (Å²) in [7, 11) is -3.78. The van der Waals surface area contributed by atoms with Crippen molar-refractivity contribution in [3.63, 3.8) is 0 Å². The highest BCUT2D eigenvalue weighted by Gasteiger charge is 2.52. The molecular formula is C16H26O3S2. The van der Waals surface area contributed by atoms with Gasteiger partial charge in [-0.2, -0.15) is 20.2 Å². The van der Waals surface area contributed by atoms with Gasteiger partial charge < -0.3 is 0 Å². The summed E-state index contributed by atoms with van der Waals surface area (Å²) in [6.45, 7) is 4.01. The van der Waals surface area contributed by atoms with Crippen LogP contribution in [0.15, 0.2) is 12.7 Å². The van der Waals surface area contributed by atoms with Crippen molar-refractivity contribution in [2.75, 3.05) is 11.5 Å². The van der Waals surface area contributed by atoms with Crippen LogP contribution in [-0.2, 0) is 10.1 Å². The maximum Gasteiger partial charge on any atom is 0.264 e. The molecule has 3 nitrogen and oxygen atoms in total. The fourth-order valence-corrected chi connectivity index (χ4v) is 7.16. The Hall–Kier alpha value is -0.0000000000000000763. The van der Waals surface area contributed by atoms with E-state index in [4.69, 9.17) is 4.55 Å². The highest BCUT2D eigenvalue weighted by molar-refractivity contribution is 7.99. The minimum atomic E-state index is -3.78. The number of allylic oxidation sites excluding steroid dienone is 1. The van der Waals surface area contributed by atoms with Gasteiger partial charge in [-0.05, 0) is 73.9 Å². The van der Waals surface area contributed by atoms with Crippen LogP contribution in [0.25, 0.3) is 0 Å². The minimum Gasteiger partial charge on any atom is -0.286 e. The quantitative estimate of drug-likeness (QED) is 0.459. The standard InChI is InChI=1S/C16H26O3S2/c1-2-11-8-12-9-15(11)14-5-4-13(10-16(12)14)20-6-3-7-21(17,18)19/h2,11-16H,1,3-10H2,(H,17,18,19). The second-order valence-electron chi connectivity index (χ2n) is 7.07. The van der Waals surface area contributed by atoms with Gasteiger partial charge >= 0.3 is 0 Å². The van der Waals surface area contributed by atoms with Gasteiger partial charge in [0.15, 0.2) is 0 Å². The Morgan fingerprint density at radius 1 is 1.14 bits per heavy atom. The fourth-order valence-electron chi connectivity index (χ4n) is 5.16. The number of hydrogen-bond acceptors (Lipinski definition) is 3. The van der Waals surface area contributed by atoms with Gasteiger partial charge in [-0.1, -0.05) is 6.08 Å². The maximum atomic E-state index is 10.7. The number of thioether (sulfide) groups is 1. The van der Waals surface area contributed by atoms with Crippen LogP contribution < -0.4 is 0 Å². The summed E-state index contributed by atoms with van der Waals surface area (Å²) in [5.41, 5.74) is 0. The zero-order valence-corrected chi connectivity index (χ0v) is 14.1. The summed E-state index contributed by atoms with van der Waals surface area (Å²) in [6.07, 6.45) is 9.50. The maximum absolute atomic E-state index is 10.7. The van der Waals surface area contributed by atoms with E-state index in [-0.39, 0.29) is 5.75 Å². The topological polar surface area (TPSA) is 54.4 Å². The van der Waals surface area contributed by atoms with E-state index in [1.54, 1.807) is 0 Å². The lowest BCUT2D eigenvalue weighted by atomic mass is 9.67. The van der Waals surface area contributed by atoms with Crippen LogP contribution in [0.3, 0.4) is 0 Å². The van der Waals surface area contributed by atoms with Gasteiger partial charge in [-0.25, -0.2) is 0 Å². The van der Waals surface area contributed by atoms with Crippen molar-refractivity contribution in [1.29, 1.82) is 0 Å². The fraction of sp³-hybridized carbons (Fsp3) is 0.875. The summed E-state index contributed by atoms with van der Waals surface area (Å²) in [6, 6.07) is 0. The molecule has 0 aromatic rings. The molecule has 3 fully saturated rings. The number of rotatable bonds is 6. The van der Waals surface area contributed by atoms with Crippen molar-refractivity contribution in [2.24, 2.45) is 29.6 Å². The van der Waals surface area contributed by atoms with Crippen molar-refractivity contribution < 1.29 is 13.0 Å². The minimum absolute atomic E-state index is 0.0928. The average Bonchev–Trinajstić information content (AvgIpc) is 3.00. The third-order valence-corrected chi connectivity index (χ3v) is 8.19. The third kappa shape index (κ3) is 3.50. The van der Waals surface area contributed by atoms with Crippen LogP contribution in [0.4, 0.5) is 0 Å². The molecule has 5 heteroatoms. The summed E-state index contributed by atoms with van der Waals surface area (Å²) in [4.78, 5) is 0. The van der Waals surface area contributed by atoms with E-state index in [0.29, 0.717) is 11.7 Å². The first-order valence-electron chi connectivity index (χ1n) is 8.17. The van der Waals surface area contributed by atoms with Crippen LogP contribution in [0.2, 0.25) is 0 Å². The molecule has 3 aliphatic carbocycles. The molecular weight excluding hydrogens is 304 g/mol. The van der Waals surface area contributed by atoms with Crippen molar-refractivity contribution in [3.05, 3.63) is 12.7 Å². The molecule has 6 unspecified atom stereocenters. The summed E-state index contributed by atoms with van der Waals surface area (Å²) in [5.74, 6) is 5.21. The van der Waals surface area contributed by atoms with E-state index in [1.807, 2.05) is 11.8 Å². The van der Waals surface area contributed by atoms with Crippen LogP contribution >= 0.6 is 11.8 Å². The van der Waals surface area contributed by atoms with Gasteiger partial charge in [-0.15, -0.1) is 6.58 Å². The van der Waals surface area contributed by atoms with Gasteiger partial charge in [0.2, 0.25) is 0 Å². The smallest absolute Gasteiger partial charge is 0.264 e. The molecule has 21 heavy (non-hydrogen) atoms. The van der Waals surface area contributed by atoms with Gasteiger partial charge in [0.05, 0.1) is 5.75 Å². The number of fused-ring (bicyclic) bond motifs is 5. The van der Waals surface area contributed by atoms with Crippen LogP contribution in [-0.4, -0.2) is 29.7 Å². The molecule has 0 amide bonds. The molecule has 0 radical (unpaired) electrons. The van der Waals surface area contributed by atoms with E-state index < -0.39 is 10.1 Å². The van der Waals surface area contributed by atoms with E-state index in [0.717, 1.165) is 35.3 Å². The Labute approximate surface area is 132 Å². The first kappa shape index (κ1) is 15.9. The highest BCUT2D eigenvalue weighted by Crippen LogP contribution is 2.60. The van der Waals surface area contributed by atoms with Crippen LogP contribution in [0, 0.1) is 29.6 Å². The Morgan fingerprint density at radius 2 is 1.95 bits per heavy atom. The monoisotopic (exact) mass is 330 g/mol. The Kier molecular flexibility index (Phi) is 4.72. The van der Waals surface area contributed by atoms with E-state index in [2.05, 4.69) is 12.7 Å². The van der Waals surface area contributed by atoms with Gasteiger partial charge in [-0.3, -0.25) is 4.55 Å². The summed E-state index contributed by atoms with van der Waals surface area (Å²) >= 11 is 1.93. The Balaban J connectivity index is 1.45. The second kappa shape index (κ2) is 6.25. The van der Waals surface area contributed by atoms with Crippen molar-refractivity contribution in [3.8, 4) is 0 Å². The predicted molar refractivity (Wildman–Crippen MR) is 88.0 cm³/mol. The van der Waals surface area contributed by atoms with Gasteiger partial charge in [0, 0.05) is 5.25 Å². The van der Waals surface area contributed by atoms with Crippen LogP contribution in [0.1, 0.15) is 38.5 Å². The number of hydrogen-bond donors (Lipinski definition) is 1. The first-order valence-corrected chi connectivity index (χ1v) is 10.8. The van der Waals surface area contributed by atoms with Gasteiger partial charge in [0.25, 0.3) is 10.1 Å². The normalized spacial score (nSPS) is 42.0. The van der Waals surface area contributed by atoms with Crippen molar-refractivity contribution in [1.82, 2.24) is 0 Å². The molecule has 3 rings (SSSR count). The Bertz CT molecular complexity index is 488. The van der Waals surface area contributed by atoms with Crippen molar-refractivity contribution >= 4 is 21.9 Å². The second-order valence-corrected chi connectivity index (χ2v) is 10.0. The molecule has 3 aliphatic rings. The molecule has 0 aromatic heterocycles. The van der Waals surface area contributed by atoms with E-state index in [9.17, 15) is 8.42 Å². The van der Waals surface area contributed by atoms with E-state index >= 15 is 0 Å². The average molecular weight is 331 g/mol. The highest BCUT2D eigenvalue weighted by atomic mass is 32.2. The lowest BCUT2D eigenvalue weighted by Gasteiger charge is -2.41. The van der Waals surface area contributed by atoms with Crippen molar-refractivity contribution in [2.45, 2.75) is 43.8 Å². The lowest BCUT2D eigenvalue weighted by molar-refractivity contribution is 0.136. The lowest BCUT2D eigenvalue weighted by Crippen LogP contribution is -2.34. The zero-order valence-electron chi connectivity index (χ0n) is 12.5. The molecule has 2 bridgehead atoms.